The molecule has 1 amide bonds. The Morgan fingerprint density at radius 2 is 2.09 bits per heavy atom. The number of carbonyl (C=O) groups is 1. The Morgan fingerprint density at radius 3 is 2.74 bits per heavy atom. The molecule has 1 aromatic carbocycles. The van der Waals surface area contributed by atoms with Gasteiger partial charge < -0.3 is 14.6 Å². The lowest BCUT2D eigenvalue weighted by molar-refractivity contribution is 0.103. The number of aromatic nitrogens is 2. The zero-order chi connectivity index (χ0) is 16.4. The summed E-state index contributed by atoms with van der Waals surface area (Å²) in [4.78, 5) is 17.5. The second-order valence-electron chi connectivity index (χ2n) is 4.80. The number of methoxy groups -OCH3 is 1. The lowest BCUT2D eigenvalue weighted by atomic mass is 10.3. The lowest BCUT2D eigenvalue weighted by Gasteiger charge is -2.07. The van der Waals surface area contributed by atoms with Gasteiger partial charge in [-0.15, -0.1) is 0 Å². The van der Waals surface area contributed by atoms with Crippen molar-refractivity contribution in [3.8, 4) is 10.9 Å². The van der Waals surface area contributed by atoms with Gasteiger partial charge in [0, 0.05) is 18.1 Å². The average molecular weight is 348 g/mol. The van der Waals surface area contributed by atoms with E-state index in [-0.39, 0.29) is 5.91 Å². The van der Waals surface area contributed by atoms with E-state index < -0.39 is 0 Å². The van der Waals surface area contributed by atoms with Crippen molar-refractivity contribution in [1.29, 1.82) is 0 Å². The number of rotatable bonds is 4. The van der Waals surface area contributed by atoms with Gasteiger partial charge >= 0.3 is 0 Å². The van der Waals surface area contributed by atoms with Crippen LogP contribution in [0.4, 0.5) is 5.69 Å². The van der Waals surface area contributed by atoms with Gasteiger partial charge in [0.2, 0.25) is 0 Å². The van der Waals surface area contributed by atoms with Crippen molar-refractivity contribution in [3.63, 3.8) is 0 Å². The Balaban J connectivity index is 1.82. The summed E-state index contributed by atoms with van der Waals surface area (Å²) in [7, 11) is 1.54. The highest BCUT2D eigenvalue weighted by Crippen LogP contribution is 2.28. The van der Waals surface area contributed by atoms with Crippen molar-refractivity contribution in [3.05, 3.63) is 58.3 Å². The Labute approximate surface area is 142 Å². The SMILES string of the molecule is COc1ccc(NC(=O)c2sc(-n3cccc3)nc2C)cc1Cl. The number of hydrogen-bond acceptors (Lipinski definition) is 4. The number of aryl methyl sites for hydroxylation is 1. The maximum absolute atomic E-state index is 12.5. The number of ether oxygens (including phenoxy) is 1. The topological polar surface area (TPSA) is 56.1 Å². The van der Waals surface area contributed by atoms with Gasteiger partial charge in [0.05, 0.1) is 17.8 Å². The summed E-state index contributed by atoms with van der Waals surface area (Å²) in [5.41, 5.74) is 1.30. The molecular formula is C16H14ClN3O2S. The number of nitrogens with zero attached hydrogens (tertiary/aromatic N) is 2. The molecule has 2 aromatic heterocycles. The zero-order valence-corrected chi connectivity index (χ0v) is 14.1. The molecule has 0 unspecified atom stereocenters. The van der Waals surface area contributed by atoms with E-state index in [1.165, 1.54) is 11.3 Å². The van der Waals surface area contributed by atoms with E-state index in [1.54, 1.807) is 25.3 Å². The molecule has 3 rings (SSSR count). The Hall–Kier alpha value is -2.31. The van der Waals surface area contributed by atoms with Crippen LogP contribution in [-0.2, 0) is 0 Å². The molecule has 23 heavy (non-hydrogen) atoms. The van der Waals surface area contributed by atoms with Crippen LogP contribution in [-0.4, -0.2) is 22.6 Å². The van der Waals surface area contributed by atoms with Gasteiger partial charge in [-0.3, -0.25) is 4.79 Å². The molecule has 0 aliphatic rings. The molecule has 1 N–H and O–H groups in total. The van der Waals surface area contributed by atoms with Gasteiger partial charge in [0.1, 0.15) is 10.6 Å². The molecule has 0 aliphatic carbocycles. The van der Waals surface area contributed by atoms with Crippen molar-refractivity contribution in [2.75, 3.05) is 12.4 Å². The number of thiazole rings is 1. The van der Waals surface area contributed by atoms with Crippen LogP contribution in [0.25, 0.3) is 5.13 Å². The highest BCUT2D eigenvalue weighted by molar-refractivity contribution is 7.16. The molecule has 0 radical (unpaired) electrons. The van der Waals surface area contributed by atoms with Gasteiger partial charge in [0.15, 0.2) is 5.13 Å². The quantitative estimate of drug-likeness (QED) is 0.771. The molecule has 0 atom stereocenters. The number of amides is 1. The van der Waals surface area contributed by atoms with E-state index in [0.717, 1.165) is 5.13 Å². The third-order valence-corrected chi connectivity index (χ3v) is 4.69. The third kappa shape index (κ3) is 3.23. The van der Waals surface area contributed by atoms with E-state index in [0.29, 0.717) is 27.0 Å². The lowest BCUT2D eigenvalue weighted by Crippen LogP contribution is -2.11. The molecule has 0 saturated heterocycles. The number of nitrogens with one attached hydrogen (secondary N) is 1. The van der Waals surface area contributed by atoms with Crippen LogP contribution in [0.3, 0.4) is 0 Å². The highest BCUT2D eigenvalue weighted by Gasteiger charge is 2.16. The predicted molar refractivity (Wildman–Crippen MR) is 92.1 cm³/mol. The number of hydrogen-bond donors (Lipinski definition) is 1. The Kier molecular flexibility index (Phi) is 4.36. The van der Waals surface area contributed by atoms with E-state index >= 15 is 0 Å². The number of carbonyl (C=O) groups excluding carboxylic acids is 1. The standard InChI is InChI=1S/C16H14ClN3O2S/c1-10-14(23-16(18-10)20-7-3-4-8-20)15(21)19-11-5-6-13(22-2)12(17)9-11/h3-9H,1-2H3,(H,19,21). The minimum absolute atomic E-state index is 0.209. The molecule has 118 valence electrons. The third-order valence-electron chi connectivity index (χ3n) is 3.23. The summed E-state index contributed by atoms with van der Waals surface area (Å²) >= 11 is 7.41. The fourth-order valence-corrected chi connectivity index (χ4v) is 3.28. The molecule has 0 fully saturated rings. The van der Waals surface area contributed by atoms with Crippen LogP contribution in [0, 0.1) is 6.92 Å². The fourth-order valence-electron chi connectivity index (χ4n) is 2.10. The fraction of sp³-hybridized carbons (Fsp3) is 0.125. The monoisotopic (exact) mass is 347 g/mol. The molecule has 3 aromatic rings. The number of halogens is 1. The van der Waals surface area contributed by atoms with E-state index in [4.69, 9.17) is 16.3 Å². The van der Waals surface area contributed by atoms with E-state index in [9.17, 15) is 4.79 Å². The molecular weight excluding hydrogens is 334 g/mol. The van der Waals surface area contributed by atoms with Gasteiger partial charge in [-0.25, -0.2) is 4.98 Å². The summed E-state index contributed by atoms with van der Waals surface area (Å²) in [5, 5.41) is 4.03. The smallest absolute Gasteiger partial charge is 0.267 e. The highest BCUT2D eigenvalue weighted by atomic mass is 35.5. The van der Waals surface area contributed by atoms with Crippen molar-refractivity contribution < 1.29 is 9.53 Å². The maximum atomic E-state index is 12.5. The van der Waals surface area contributed by atoms with Gasteiger partial charge in [-0.1, -0.05) is 22.9 Å². The maximum Gasteiger partial charge on any atom is 0.267 e. The van der Waals surface area contributed by atoms with Crippen molar-refractivity contribution >= 4 is 34.5 Å². The van der Waals surface area contributed by atoms with Gasteiger partial charge in [-0.2, -0.15) is 0 Å². The largest absolute Gasteiger partial charge is 0.495 e. The van der Waals surface area contributed by atoms with Crippen LogP contribution in [0.5, 0.6) is 5.75 Å². The first-order chi connectivity index (χ1) is 11.1. The van der Waals surface area contributed by atoms with E-state index in [2.05, 4.69) is 10.3 Å². The predicted octanol–water partition coefficient (Wildman–Crippen LogP) is 4.16. The summed E-state index contributed by atoms with van der Waals surface area (Å²) in [6.07, 6.45) is 3.78. The second kappa shape index (κ2) is 6.44. The van der Waals surface area contributed by atoms with Crippen molar-refractivity contribution in [2.24, 2.45) is 0 Å². The minimum atomic E-state index is -0.209. The Morgan fingerprint density at radius 1 is 1.35 bits per heavy atom. The van der Waals surface area contributed by atoms with Crippen LogP contribution in [0.15, 0.2) is 42.7 Å². The van der Waals surface area contributed by atoms with Crippen molar-refractivity contribution in [1.82, 2.24) is 9.55 Å². The first kappa shape index (κ1) is 15.6. The molecule has 0 bridgehead atoms. The minimum Gasteiger partial charge on any atom is -0.495 e. The van der Waals surface area contributed by atoms with Gasteiger partial charge in [-0.05, 0) is 37.3 Å². The van der Waals surface area contributed by atoms with E-state index in [1.807, 2.05) is 36.0 Å². The molecule has 5 nitrogen and oxygen atoms in total. The summed E-state index contributed by atoms with van der Waals surface area (Å²) in [6.45, 7) is 1.82. The number of anilines is 1. The molecule has 2 heterocycles. The summed E-state index contributed by atoms with van der Waals surface area (Å²) in [6, 6.07) is 8.93. The zero-order valence-electron chi connectivity index (χ0n) is 12.5. The number of benzene rings is 1. The summed E-state index contributed by atoms with van der Waals surface area (Å²) in [5.74, 6) is 0.355. The molecule has 0 spiro atoms. The van der Waals surface area contributed by atoms with Crippen LogP contribution >= 0.6 is 22.9 Å². The molecule has 7 heteroatoms. The van der Waals surface area contributed by atoms with Crippen LogP contribution in [0.1, 0.15) is 15.4 Å². The van der Waals surface area contributed by atoms with Crippen LogP contribution < -0.4 is 10.1 Å². The first-order valence-electron chi connectivity index (χ1n) is 6.84. The average Bonchev–Trinajstić information content (AvgIpc) is 3.16. The molecule has 0 saturated carbocycles. The van der Waals surface area contributed by atoms with Crippen molar-refractivity contribution in [2.45, 2.75) is 6.92 Å². The normalized spacial score (nSPS) is 10.6. The Bertz CT molecular complexity index is 843. The first-order valence-corrected chi connectivity index (χ1v) is 8.03. The molecule has 0 aliphatic heterocycles. The second-order valence-corrected chi connectivity index (χ2v) is 6.19. The van der Waals surface area contributed by atoms with Crippen LogP contribution in [0.2, 0.25) is 5.02 Å². The summed E-state index contributed by atoms with van der Waals surface area (Å²) < 4.78 is 6.97. The van der Waals surface area contributed by atoms with Gasteiger partial charge in [0.25, 0.3) is 5.91 Å².